The molecule has 1 amide bonds. The van der Waals surface area contributed by atoms with Gasteiger partial charge in [0.2, 0.25) is 5.82 Å². The van der Waals surface area contributed by atoms with E-state index < -0.39 is 27.3 Å². The number of carbonyl (C=O) groups excluding carboxylic acids is 1. The zero-order chi connectivity index (χ0) is 14.0. The summed E-state index contributed by atoms with van der Waals surface area (Å²) in [5.74, 6) is -1.55. The van der Waals surface area contributed by atoms with Crippen molar-refractivity contribution in [1.82, 2.24) is 20.4 Å². The number of hydrogen-bond donors (Lipinski definition) is 3. The minimum absolute atomic E-state index is 0.236. The van der Waals surface area contributed by atoms with E-state index in [2.05, 4.69) is 20.6 Å². The minimum Gasteiger partial charge on any atom is -0.358 e. The Balaban J connectivity index is 2.18. The molecule has 2 aromatic rings. The van der Waals surface area contributed by atoms with Gasteiger partial charge in [-0.3, -0.25) is 25.3 Å². The summed E-state index contributed by atoms with van der Waals surface area (Å²) < 4.78 is 0. The second-order valence-corrected chi connectivity index (χ2v) is 3.24. The molecule has 0 radical (unpaired) electrons. The van der Waals surface area contributed by atoms with Gasteiger partial charge in [-0.25, -0.2) is 0 Å². The number of anilines is 1. The Kier molecular flexibility index (Phi) is 2.89. The van der Waals surface area contributed by atoms with Crippen LogP contribution in [-0.2, 0) is 0 Å². The van der Waals surface area contributed by atoms with Gasteiger partial charge in [-0.05, 0) is 4.92 Å². The van der Waals surface area contributed by atoms with E-state index in [1.165, 1.54) is 0 Å². The smallest absolute Gasteiger partial charge is 0.343 e. The third kappa shape index (κ3) is 2.36. The molecule has 12 nitrogen and oxygen atoms in total. The number of nitrogens with zero attached hydrogens (tertiary/aromatic N) is 4. The lowest BCUT2D eigenvalue weighted by Gasteiger charge is -1.97. The molecule has 0 aliphatic carbocycles. The molecule has 0 fully saturated rings. The van der Waals surface area contributed by atoms with Crippen molar-refractivity contribution in [2.45, 2.75) is 0 Å². The highest BCUT2D eigenvalue weighted by Gasteiger charge is 2.22. The van der Waals surface area contributed by atoms with Gasteiger partial charge in [-0.1, -0.05) is 5.10 Å². The Morgan fingerprint density at radius 2 is 2.00 bits per heavy atom. The topological polar surface area (TPSA) is 173 Å². The first kappa shape index (κ1) is 12.2. The molecule has 0 aliphatic heterocycles. The molecular formula is C7H5N7O5. The Bertz CT molecular complexity index is 658. The van der Waals surface area contributed by atoms with Crippen LogP contribution < -0.4 is 5.32 Å². The molecule has 98 valence electrons. The zero-order valence-corrected chi connectivity index (χ0v) is 8.98. The molecule has 0 unspecified atom stereocenters. The molecular weight excluding hydrogens is 262 g/mol. The summed E-state index contributed by atoms with van der Waals surface area (Å²) in [6.45, 7) is 0. The van der Waals surface area contributed by atoms with Gasteiger partial charge in [0.15, 0.2) is 5.69 Å². The molecule has 0 saturated carbocycles. The van der Waals surface area contributed by atoms with Gasteiger partial charge in [-0.2, -0.15) is 5.10 Å². The molecule has 0 aromatic carbocycles. The van der Waals surface area contributed by atoms with E-state index in [0.717, 1.165) is 12.3 Å². The van der Waals surface area contributed by atoms with Gasteiger partial charge < -0.3 is 10.1 Å². The van der Waals surface area contributed by atoms with Gasteiger partial charge in [-0.15, -0.1) is 5.10 Å². The predicted octanol–water partition coefficient (Wildman–Crippen LogP) is 0.201. The van der Waals surface area contributed by atoms with Crippen molar-refractivity contribution >= 4 is 23.2 Å². The average Bonchev–Trinajstić information content (AvgIpc) is 2.96. The summed E-state index contributed by atoms with van der Waals surface area (Å²) in [5, 5.41) is 34.2. The fraction of sp³-hybridized carbons (Fsp3) is 0. The van der Waals surface area contributed by atoms with Gasteiger partial charge in [0, 0.05) is 0 Å². The minimum atomic E-state index is -0.850. The Morgan fingerprint density at radius 3 is 2.58 bits per heavy atom. The lowest BCUT2D eigenvalue weighted by molar-refractivity contribution is -0.389. The molecule has 0 bridgehead atoms. The van der Waals surface area contributed by atoms with E-state index in [1.54, 1.807) is 0 Å². The number of hydrogen-bond acceptors (Lipinski definition) is 7. The summed E-state index contributed by atoms with van der Waals surface area (Å²) in [4.78, 5) is 31.1. The standard InChI is InChI=1S/C7H5N7O5/c15-7(3-1-5(11-10-3)14(18)19)9-6-4(13(16)17)2-8-12-6/h1-2H,(H,10,11)(H2,8,9,12,15). The molecule has 0 aliphatic rings. The van der Waals surface area contributed by atoms with Gasteiger partial charge in [0.05, 0.1) is 11.0 Å². The van der Waals surface area contributed by atoms with Crippen LogP contribution in [0.4, 0.5) is 17.3 Å². The first-order valence-corrected chi connectivity index (χ1v) is 4.68. The van der Waals surface area contributed by atoms with E-state index in [9.17, 15) is 25.0 Å². The number of carbonyl (C=O) groups is 1. The molecule has 19 heavy (non-hydrogen) atoms. The lowest BCUT2D eigenvalue weighted by atomic mass is 10.4. The third-order valence-electron chi connectivity index (χ3n) is 2.05. The highest BCUT2D eigenvalue weighted by Crippen LogP contribution is 2.20. The van der Waals surface area contributed by atoms with E-state index in [0.29, 0.717) is 0 Å². The number of rotatable bonds is 4. The van der Waals surface area contributed by atoms with Crippen LogP contribution in [0.2, 0.25) is 0 Å². The summed E-state index contributed by atoms with van der Waals surface area (Å²) in [6.07, 6.45) is 0.919. The Labute approximate surface area is 103 Å². The van der Waals surface area contributed by atoms with Crippen LogP contribution >= 0.6 is 0 Å². The normalized spacial score (nSPS) is 10.1. The second kappa shape index (κ2) is 4.52. The van der Waals surface area contributed by atoms with E-state index >= 15 is 0 Å². The molecule has 2 aromatic heterocycles. The highest BCUT2D eigenvalue weighted by atomic mass is 16.6. The van der Waals surface area contributed by atoms with Crippen molar-refractivity contribution in [1.29, 1.82) is 0 Å². The SMILES string of the molecule is O=C(Nc1[nH]ncc1[N+](=O)[O-])c1cc([N+](=O)[O-])[nH]n1. The first-order valence-electron chi connectivity index (χ1n) is 4.68. The lowest BCUT2D eigenvalue weighted by Crippen LogP contribution is -2.13. The van der Waals surface area contributed by atoms with Gasteiger partial charge in [0.1, 0.15) is 6.20 Å². The van der Waals surface area contributed by atoms with Crippen molar-refractivity contribution in [3.8, 4) is 0 Å². The van der Waals surface area contributed by atoms with E-state index in [4.69, 9.17) is 0 Å². The average molecular weight is 267 g/mol. The van der Waals surface area contributed by atoms with Crippen LogP contribution in [0.5, 0.6) is 0 Å². The quantitative estimate of drug-likeness (QED) is 0.523. The van der Waals surface area contributed by atoms with Crippen LogP contribution in [0.25, 0.3) is 0 Å². The molecule has 2 heterocycles. The number of aromatic amines is 2. The molecule has 0 saturated heterocycles. The number of aromatic nitrogens is 4. The summed E-state index contributed by atoms with van der Waals surface area (Å²) in [6, 6.07) is 0.900. The maximum atomic E-state index is 11.6. The van der Waals surface area contributed by atoms with Crippen LogP contribution in [0.3, 0.4) is 0 Å². The van der Waals surface area contributed by atoms with Crippen LogP contribution in [0.15, 0.2) is 12.3 Å². The Morgan fingerprint density at radius 1 is 1.26 bits per heavy atom. The molecule has 3 N–H and O–H groups in total. The van der Waals surface area contributed by atoms with E-state index in [1.807, 2.05) is 5.10 Å². The van der Waals surface area contributed by atoms with Gasteiger partial charge in [0.25, 0.3) is 5.91 Å². The number of amides is 1. The van der Waals surface area contributed by atoms with Crippen LogP contribution in [-0.4, -0.2) is 36.1 Å². The Hall–Kier alpha value is -3.31. The van der Waals surface area contributed by atoms with Gasteiger partial charge >= 0.3 is 11.5 Å². The van der Waals surface area contributed by atoms with E-state index in [-0.39, 0.29) is 11.5 Å². The third-order valence-corrected chi connectivity index (χ3v) is 2.05. The molecule has 0 spiro atoms. The van der Waals surface area contributed by atoms with Crippen molar-refractivity contribution in [2.75, 3.05) is 5.32 Å². The van der Waals surface area contributed by atoms with Crippen molar-refractivity contribution in [2.24, 2.45) is 0 Å². The number of nitrogens with one attached hydrogen (secondary N) is 3. The predicted molar refractivity (Wildman–Crippen MR) is 58.4 cm³/mol. The summed E-state index contributed by atoms with van der Waals surface area (Å²) in [5.41, 5.74) is -0.714. The van der Waals surface area contributed by atoms with Crippen molar-refractivity contribution in [3.05, 3.63) is 38.2 Å². The second-order valence-electron chi connectivity index (χ2n) is 3.24. The van der Waals surface area contributed by atoms with Crippen LogP contribution in [0, 0.1) is 20.2 Å². The number of H-pyrrole nitrogens is 2. The largest absolute Gasteiger partial charge is 0.358 e. The zero-order valence-electron chi connectivity index (χ0n) is 8.98. The van der Waals surface area contributed by atoms with Crippen molar-refractivity contribution < 1.29 is 14.6 Å². The monoisotopic (exact) mass is 267 g/mol. The summed E-state index contributed by atoms with van der Waals surface area (Å²) >= 11 is 0. The highest BCUT2D eigenvalue weighted by molar-refractivity contribution is 6.03. The number of nitro groups is 2. The molecule has 12 heteroatoms. The van der Waals surface area contributed by atoms with Crippen LogP contribution in [0.1, 0.15) is 10.5 Å². The first-order chi connectivity index (χ1) is 8.99. The maximum Gasteiger partial charge on any atom is 0.343 e. The summed E-state index contributed by atoms with van der Waals surface area (Å²) in [7, 11) is 0. The fourth-order valence-electron chi connectivity index (χ4n) is 1.21. The molecule has 2 rings (SSSR count). The fourth-order valence-corrected chi connectivity index (χ4v) is 1.21. The molecule has 0 atom stereocenters. The van der Waals surface area contributed by atoms with Crippen molar-refractivity contribution in [3.63, 3.8) is 0 Å². The maximum absolute atomic E-state index is 11.6.